The van der Waals surface area contributed by atoms with Crippen LogP contribution in [0, 0.1) is 12.3 Å². The number of alkyl halides is 1. The Balaban J connectivity index is 1.59. The van der Waals surface area contributed by atoms with Gasteiger partial charge in [-0.3, -0.25) is 0 Å². The third-order valence-corrected chi connectivity index (χ3v) is 8.40. The number of ether oxygens (including phenoxy) is 1. The highest BCUT2D eigenvalue weighted by Gasteiger charge is 2.38. The SMILES string of the molecule is CO[C@H]1CCN(c2nc(-c3ccccc3CF)nc3c2CN(c2cc(C(C)C)ccc2C)CC3)CC1(C)C. The van der Waals surface area contributed by atoms with Crippen molar-refractivity contribution < 1.29 is 9.13 Å². The van der Waals surface area contributed by atoms with Crippen molar-refractivity contribution in [2.45, 2.75) is 72.7 Å². The van der Waals surface area contributed by atoms with Crippen molar-refractivity contribution in [1.29, 1.82) is 0 Å². The number of halogens is 1. The number of anilines is 2. The third-order valence-electron chi connectivity index (χ3n) is 8.40. The minimum absolute atomic E-state index is 0.0155. The number of aromatic nitrogens is 2. The largest absolute Gasteiger partial charge is 0.381 e. The quantitative estimate of drug-likeness (QED) is 0.358. The normalized spacial score (nSPS) is 19.1. The standard InChI is InChI=1S/C32H41FN4O/c1-21(2)23-12-11-22(3)28(17-23)36-15-13-27-26(19-36)31(37-16-14-29(38-6)32(4,5)20-37)35-30(34-27)25-10-8-7-9-24(25)18-33/h7-12,17,21,29H,13-16,18-20H2,1-6H3/t29-/m0/s1. The van der Waals surface area contributed by atoms with E-state index in [4.69, 9.17) is 14.7 Å². The van der Waals surface area contributed by atoms with Crippen molar-refractivity contribution >= 4 is 11.5 Å². The van der Waals surface area contributed by atoms with Crippen LogP contribution in [0.15, 0.2) is 42.5 Å². The van der Waals surface area contributed by atoms with Crippen LogP contribution >= 0.6 is 0 Å². The van der Waals surface area contributed by atoms with Crippen molar-refractivity contribution in [3.05, 3.63) is 70.4 Å². The maximum Gasteiger partial charge on any atom is 0.162 e. The van der Waals surface area contributed by atoms with Crippen LogP contribution in [0.5, 0.6) is 0 Å². The van der Waals surface area contributed by atoms with Crippen LogP contribution in [0.4, 0.5) is 15.9 Å². The summed E-state index contributed by atoms with van der Waals surface area (Å²) in [6.07, 6.45) is 1.98. The highest BCUT2D eigenvalue weighted by atomic mass is 19.1. The molecule has 2 aromatic carbocycles. The lowest BCUT2D eigenvalue weighted by Crippen LogP contribution is -2.50. The topological polar surface area (TPSA) is 41.5 Å². The van der Waals surface area contributed by atoms with Crippen LogP contribution in [-0.4, -0.2) is 42.8 Å². The van der Waals surface area contributed by atoms with Crippen molar-refractivity contribution in [3.8, 4) is 11.4 Å². The molecule has 1 atom stereocenters. The molecule has 6 heteroatoms. The maximum atomic E-state index is 13.9. The molecule has 0 amide bonds. The Morgan fingerprint density at radius 1 is 1.08 bits per heavy atom. The Morgan fingerprint density at radius 2 is 1.87 bits per heavy atom. The minimum Gasteiger partial charge on any atom is -0.381 e. The summed E-state index contributed by atoms with van der Waals surface area (Å²) in [7, 11) is 1.81. The van der Waals surface area contributed by atoms with E-state index in [2.05, 4.69) is 62.6 Å². The van der Waals surface area contributed by atoms with Crippen molar-refractivity contribution in [3.63, 3.8) is 0 Å². The average molecular weight is 517 g/mol. The summed E-state index contributed by atoms with van der Waals surface area (Å²) < 4.78 is 19.8. The molecular formula is C32H41FN4O. The molecule has 0 radical (unpaired) electrons. The van der Waals surface area contributed by atoms with Crippen molar-refractivity contribution in [1.82, 2.24) is 9.97 Å². The van der Waals surface area contributed by atoms with Gasteiger partial charge in [0.1, 0.15) is 12.5 Å². The van der Waals surface area contributed by atoms with Gasteiger partial charge in [-0.1, -0.05) is 64.1 Å². The molecule has 5 rings (SSSR count). The number of benzene rings is 2. The fraction of sp³-hybridized carbons (Fsp3) is 0.500. The van der Waals surface area contributed by atoms with Crippen LogP contribution in [-0.2, 0) is 24.4 Å². The van der Waals surface area contributed by atoms with Gasteiger partial charge in [0.15, 0.2) is 5.82 Å². The number of hydrogen-bond acceptors (Lipinski definition) is 5. The average Bonchev–Trinajstić information content (AvgIpc) is 2.91. The van der Waals surface area contributed by atoms with E-state index in [0.717, 1.165) is 56.1 Å². The van der Waals surface area contributed by atoms with E-state index in [-0.39, 0.29) is 11.5 Å². The van der Waals surface area contributed by atoms with E-state index in [1.54, 1.807) is 0 Å². The molecule has 0 saturated carbocycles. The van der Waals surface area contributed by atoms with Crippen molar-refractivity contribution in [2.24, 2.45) is 5.41 Å². The summed E-state index contributed by atoms with van der Waals surface area (Å²) in [5.74, 6) is 2.10. The van der Waals surface area contributed by atoms with E-state index in [9.17, 15) is 4.39 Å². The fourth-order valence-corrected chi connectivity index (χ4v) is 6.12. The van der Waals surface area contributed by atoms with Crippen molar-refractivity contribution in [2.75, 3.05) is 36.5 Å². The minimum atomic E-state index is -0.530. The summed E-state index contributed by atoms with van der Waals surface area (Å²) in [5.41, 5.74) is 7.61. The molecule has 0 spiro atoms. The van der Waals surface area contributed by atoms with Crippen LogP contribution in [0.3, 0.4) is 0 Å². The number of methoxy groups -OCH3 is 1. The highest BCUT2D eigenvalue weighted by molar-refractivity contribution is 5.66. The summed E-state index contributed by atoms with van der Waals surface area (Å²) in [6.45, 7) is 14.1. The molecule has 0 bridgehead atoms. The van der Waals surface area contributed by atoms with Crippen LogP contribution in [0.1, 0.15) is 68.0 Å². The first-order valence-electron chi connectivity index (χ1n) is 13.9. The number of fused-ring (bicyclic) bond motifs is 1. The molecule has 38 heavy (non-hydrogen) atoms. The van der Waals surface area contributed by atoms with Crippen LogP contribution in [0.2, 0.25) is 0 Å². The number of piperidine rings is 1. The molecule has 1 aromatic heterocycles. The lowest BCUT2D eigenvalue weighted by Gasteiger charge is -2.45. The van der Waals surface area contributed by atoms with E-state index in [1.807, 2.05) is 31.4 Å². The molecule has 1 fully saturated rings. The summed E-state index contributed by atoms with van der Waals surface area (Å²) in [4.78, 5) is 15.1. The lowest BCUT2D eigenvalue weighted by molar-refractivity contribution is -0.00647. The molecule has 0 unspecified atom stereocenters. The molecule has 2 aliphatic rings. The number of aryl methyl sites for hydroxylation is 1. The Labute approximate surface area is 227 Å². The molecule has 2 aliphatic heterocycles. The predicted octanol–water partition coefficient (Wildman–Crippen LogP) is 6.86. The molecule has 0 N–H and O–H groups in total. The third kappa shape index (κ3) is 5.03. The van der Waals surface area contributed by atoms with Gasteiger partial charge in [-0.25, -0.2) is 14.4 Å². The van der Waals surface area contributed by atoms with Gasteiger partial charge in [-0.05, 0) is 42.0 Å². The van der Waals surface area contributed by atoms with Crippen LogP contribution < -0.4 is 9.80 Å². The zero-order valence-electron chi connectivity index (χ0n) is 23.7. The molecule has 3 heterocycles. The summed E-state index contributed by atoms with van der Waals surface area (Å²) in [6, 6.07) is 14.4. The van der Waals surface area contributed by atoms with Gasteiger partial charge in [0.2, 0.25) is 0 Å². The second-order valence-corrected chi connectivity index (χ2v) is 11.9. The first kappa shape index (κ1) is 26.6. The number of hydrogen-bond donors (Lipinski definition) is 0. The van der Waals surface area contributed by atoms with Gasteiger partial charge < -0.3 is 14.5 Å². The predicted molar refractivity (Wildman–Crippen MR) is 154 cm³/mol. The first-order valence-corrected chi connectivity index (χ1v) is 13.9. The Morgan fingerprint density at radius 3 is 2.58 bits per heavy atom. The van der Waals surface area contributed by atoms with Gasteiger partial charge in [-0.15, -0.1) is 0 Å². The Hall–Kier alpha value is -2.99. The first-order chi connectivity index (χ1) is 18.2. The second kappa shape index (κ2) is 10.6. The van der Waals surface area contributed by atoms with E-state index < -0.39 is 6.67 Å². The molecule has 0 aliphatic carbocycles. The zero-order valence-corrected chi connectivity index (χ0v) is 23.7. The summed E-state index contributed by atoms with van der Waals surface area (Å²) in [5, 5.41) is 0. The second-order valence-electron chi connectivity index (χ2n) is 11.9. The Kier molecular flexibility index (Phi) is 7.45. The Bertz CT molecular complexity index is 1300. The molecule has 1 saturated heterocycles. The molecule has 5 nitrogen and oxygen atoms in total. The maximum absolute atomic E-state index is 13.9. The van der Waals surface area contributed by atoms with E-state index in [0.29, 0.717) is 17.3 Å². The van der Waals surface area contributed by atoms with E-state index in [1.165, 1.54) is 22.4 Å². The molecule has 3 aromatic rings. The molecular weight excluding hydrogens is 475 g/mol. The van der Waals surface area contributed by atoms with Gasteiger partial charge in [-0.2, -0.15) is 0 Å². The smallest absolute Gasteiger partial charge is 0.162 e. The highest BCUT2D eigenvalue weighted by Crippen LogP contribution is 2.38. The van der Waals surface area contributed by atoms with Gasteiger partial charge >= 0.3 is 0 Å². The molecule has 202 valence electrons. The monoisotopic (exact) mass is 516 g/mol. The van der Waals surface area contributed by atoms with E-state index >= 15 is 0 Å². The van der Waals surface area contributed by atoms with Gasteiger partial charge in [0.25, 0.3) is 0 Å². The fourth-order valence-electron chi connectivity index (χ4n) is 6.12. The van der Waals surface area contributed by atoms with Gasteiger partial charge in [0, 0.05) is 61.9 Å². The zero-order chi connectivity index (χ0) is 27.0. The number of rotatable bonds is 6. The summed E-state index contributed by atoms with van der Waals surface area (Å²) >= 11 is 0. The van der Waals surface area contributed by atoms with Crippen LogP contribution in [0.25, 0.3) is 11.4 Å². The number of nitrogens with zero attached hydrogens (tertiary/aromatic N) is 4. The van der Waals surface area contributed by atoms with Gasteiger partial charge in [0.05, 0.1) is 11.8 Å². The lowest BCUT2D eigenvalue weighted by atomic mass is 9.81.